The van der Waals surface area contributed by atoms with Crippen LogP contribution in [-0.2, 0) is 6.42 Å². The molecule has 27 heavy (non-hydrogen) atoms. The van der Waals surface area contributed by atoms with E-state index in [1.54, 1.807) is 38.5 Å². The number of methoxy groups -OCH3 is 2. The van der Waals surface area contributed by atoms with Crippen LogP contribution < -0.4 is 14.8 Å². The van der Waals surface area contributed by atoms with Crippen LogP contribution >= 0.6 is 0 Å². The van der Waals surface area contributed by atoms with E-state index < -0.39 is 6.10 Å². The molecule has 0 fully saturated rings. The van der Waals surface area contributed by atoms with Gasteiger partial charge in [-0.3, -0.25) is 4.90 Å². The number of hydrogen-bond donors (Lipinski definition) is 3. The molecule has 0 radical (unpaired) electrons. The second kappa shape index (κ2) is 8.50. The molecule has 0 unspecified atom stereocenters. The summed E-state index contributed by atoms with van der Waals surface area (Å²) in [7, 11) is 3.30. The molecule has 0 aromatic heterocycles. The SMILES string of the molecule is COc1cc2c(cc1OC)[C@H](C)N(C[C@H](O)CNc1ccc(O)cc1)CC2. The molecule has 1 aliphatic rings. The maximum absolute atomic E-state index is 10.5. The van der Waals surface area contributed by atoms with Crippen LogP contribution in [-0.4, -0.2) is 55.1 Å². The zero-order valence-corrected chi connectivity index (χ0v) is 16.1. The van der Waals surface area contributed by atoms with Crippen molar-refractivity contribution in [2.24, 2.45) is 0 Å². The van der Waals surface area contributed by atoms with Crippen molar-refractivity contribution in [3.05, 3.63) is 47.5 Å². The highest BCUT2D eigenvalue weighted by Crippen LogP contribution is 2.37. The van der Waals surface area contributed by atoms with Crippen molar-refractivity contribution >= 4 is 5.69 Å². The minimum atomic E-state index is -0.497. The van der Waals surface area contributed by atoms with Gasteiger partial charge in [-0.15, -0.1) is 0 Å². The molecule has 3 rings (SSSR count). The lowest BCUT2D eigenvalue weighted by Gasteiger charge is -2.37. The largest absolute Gasteiger partial charge is 0.508 e. The summed E-state index contributed by atoms with van der Waals surface area (Å²) in [5.41, 5.74) is 3.37. The lowest BCUT2D eigenvalue weighted by molar-refractivity contribution is 0.0940. The number of aromatic hydroxyl groups is 1. The normalized spacial score (nSPS) is 17.9. The summed E-state index contributed by atoms with van der Waals surface area (Å²) < 4.78 is 10.8. The highest BCUT2D eigenvalue weighted by molar-refractivity contribution is 5.49. The fourth-order valence-electron chi connectivity index (χ4n) is 3.60. The summed E-state index contributed by atoms with van der Waals surface area (Å²) in [4.78, 5) is 2.29. The Labute approximate surface area is 160 Å². The van der Waals surface area contributed by atoms with Crippen molar-refractivity contribution in [2.75, 3.05) is 39.2 Å². The topological polar surface area (TPSA) is 74.2 Å². The van der Waals surface area contributed by atoms with E-state index >= 15 is 0 Å². The Hall–Kier alpha value is -2.44. The number of aliphatic hydroxyl groups excluding tert-OH is 1. The molecule has 2 aromatic rings. The van der Waals surface area contributed by atoms with E-state index in [2.05, 4.69) is 23.2 Å². The standard InChI is InChI=1S/C21H28N2O4/c1-14-19-11-21(27-3)20(26-2)10-15(19)8-9-23(14)13-18(25)12-22-16-4-6-17(24)7-5-16/h4-7,10-11,14,18,22,24-25H,8-9,12-13H2,1-3H3/t14-,18+/m0/s1. The first-order chi connectivity index (χ1) is 13.0. The van der Waals surface area contributed by atoms with Gasteiger partial charge in [-0.05, 0) is 60.9 Å². The third-order valence-corrected chi connectivity index (χ3v) is 5.17. The third kappa shape index (κ3) is 4.46. The van der Waals surface area contributed by atoms with E-state index in [1.165, 1.54) is 11.1 Å². The highest BCUT2D eigenvalue weighted by Gasteiger charge is 2.27. The Balaban J connectivity index is 1.62. The van der Waals surface area contributed by atoms with E-state index in [1.807, 2.05) is 6.07 Å². The zero-order valence-electron chi connectivity index (χ0n) is 16.1. The Kier molecular flexibility index (Phi) is 6.08. The van der Waals surface area contributed by atoms with Crippen LogP contribution in [0.3, 0.4) is 0 Å². The molecule has 6 nitrogen and oxygen atoms in total. The lowest BCUT2D eigenvalue weighted by Crippen LogP contribution is -2.41. The fourth-order valence-corrected chi connectivity index (χ4v) is 3.60. The van der Waals surface area contributed by atoms with Crippen LogP contribution in [0.25, 0.3) is 0 Å². The van der Waals surface area contributed by atoms with Gasteiger partial charge in [0.25, 0.3) is 0 Å². The number of nitrogens with zero attached hydrogens (tertiary/aromatic N) is 1. The van der Waals surface area contributed by atoms with Gasteiger partial charge in [-0.25, -0.2) is 0 Å². The maximum Gasteiger partial charge on any atom is 0.161 e. The Morgan fingerprint density at radius 2 is 1.81 bits per heavy atom. The number of nitrogens with one attached hydrogen (secondary N) is 1. The highest BCUT2D eigenvalue weighted by atomic mass is 16.5. The second-order valence-electron chi connectivity index (χ2n) is 6.91. The van der Waals surface area contributed by atoms with Crippen molar-refractivity contribution in [3.63, 3.8) is 0 Å². The van der Waals surface area contributed by atoms with Crippen molar-refractivity contribution in [2.45, 2.75) is 25.5 Å². The van der Waals surface area contributed by atoms with E-state index in [0.29, 0.717) is 13.1 Å². The molecule has 0 aliphatic carbocycles. The van der Waals surface area contributed by atoms with Gasteiger partial charge in [0.05, 0.1) is 20.3 Å². The van der Waals surface area contributed by atoms with Crippen LogP contribution in [0.1, 0.15) is 24.1 Å². The number of rotatable bonds is 7. The van der Waals surface area contributed by atoms with Crippen molar-refractivity contribution in [1.82, 2.24) is 4.90 Å². The van der Waals surface area contributed by atoms with E-state index in [-0.39, 0.29) is 11.8 Å². The number of anilines is 1. The Morgan fingerprint density at radius 3 is 2.48 bits per heavy atom. The summed E-state index contributed by atoms with van der Waals surface area (Å²) in [6.07, 6.45) is 0.418. The van der Waals surface area contributed by atoms with Gasteiger partial charge < -0.3 is 25.0 Å². The molecule has 1 heterocycles. The third-order valence-electron chi connectivity index (χ3n) is 5.17. The van der Waals surface area contributed by atoms with E-state index in [0.717, 1.165) is 30.2 Å². The lowest BCUT2D eigenvalue weighted by atomic mass is 9.92. The number of fused-ring (bicyclic) bond motifs is 1. The molecule has 0 bridgehead atoms. The van der Waals surface area contributed by atoms with Crippen LogP contribution in [0.15, 0.2) is 36.4 Å². The van der Waals surface area contributed by atoms with Gasteiger partial charge in [0, 0.05) is 31.4 Å². The quantitative estimate of drug-likeness (QED) is 0.649. The van der Waals surface area contributed by atoms with Gasteiger partial charge in [0.15, 0.2) is 11.5 Å². The molecule has 2 aromatic carbocycles. The minimum absolute atomic E-state index is 0.192. The molecule has 1 aliphatic heterocycles. The first-order valence-corrected chi connectivity index (χ1v) is 9.21. The van der Waals surface area contributed by atoms with Gasteiger partial charge >= 0.3 is 0 Å². The molecular formula is C21H28N2O4. The predicted molar refractivity (Wildman–Crippen MR) is 106 cm³/mol. The number of ether oxygens (including phenoxy) is 2. The van der Waals surface area contributed by atoms with Crippen LogP contribution in [0, 0.1) is 0 Å². The van der Waals surface area contributed by atoms with Gasteiger partial charge in [0.2, 0.25) is 0 Å². The number of benzene rings is 2. The molecule has 2 atom stereocenters. The second-order valence-corrected chi connectivity index (χ2v) is 6.91. The Bertz CT molecular complexity index is 764. The molecule has 0 saturated carbocycles. The zero-order chi connectivity index (χ0) is 19.4. The smallest absolute Gasteiger partial charge is 0.161 e. The molecule has 0 spiro atoms. The monoisotopic (exact) mass is 372 g/mol. The minimum Gasteiger partial charge on any atom is -0.508 e. The average Bonchev–Trinajstić information content (AvgIpc) is 2.69. The molecule has 0 saturated heterocycles. The molecule has 146 valence electrons. The fraction of sp³-hybridized carbons (Fsp3) is 0.429. The van der Waals surface area contributed by atoms with Gasteiger partial charge in [0.1, 0.15) is 5.75 Å². The number of aliphatic hydroxyl groups is 1. The molecular weight excluding hydrogens is 344 g/mol. The molecule has 3 N–H and O–H groups in total. The molecule has 0 amide bonds. The van der Waals surface area contributed by atoms with Crippen molar-refractivity contribution in [3.8, 4) is 17.2 Å². The predicted octanol–water partition coefficient (Wildman–Crippen LogP) is 2.80. The summed E-state index contributed by atoms with van der Waals surface area (Å²) in [6, 6.07) is 11.1. The number of β-amino-alcohol motifs (C(OH)–C–C–N with tert-alkyl or cyclic N) is 1. The summed E-state index contributed by atoms with van der Waals surface area (Å²) in [5, 5.41) is 23.0. The molecule has 6 heteroatoms. The summed E-state index contributed by atoms with van der Waals surface area (Å²) >= 11 is 0. The van der Waals surface area contributed by atoms with Crippen LogP contribution in [0.5, 0.6) is 17.2 Å². The van der Waals surface area contributed by atoms with E-state index in [4.69, 9.17) is 9.47 Å². The first kappa shape index (κ1) is 19.3. The van der Waals surface area contributed by atoms with Crippen LogP contribution in [0.4, 0.5) is 5.69 Å². The van der Waals surface area contributed by atoms with E-state index in [9.17, 15) is 10.2 Å². The average molecular weight is 372 g/mol. The number of phenols is 1. The number of phenolic OH excluding ortho intramolecular Hbond substituents is 1. The van der Waals surface area contributed by atoms with Gasteiger partial charge in [-0.1, -0.05) is 0 Å². The number of hydrogen-bond acceptors (Lipinski definition) is 6. The summed E-state index contributed by atoms with van der Waals surface area (Å²) in [5.74, 6) is 1.73. The Morgan fingerprint density at radius 1 is 1.15 bits per heavy atom. The summed E-state index contributed by atoms with van der Waals surface area (Å²) in [6.45, 7) is 4.08. The first-order valence-electron chi connectivity index (χ1n) is 9.21. The van der Waals surface area contributed by atoms with Gasteiger partial charge in [-0.2, -0.15) is 0 Å². The maximum atomic E-state index is 10.5. The van der Waals surface area contributed by atoms with Crippen molar-refractivity contribution < 1.29 is 19.7 Å². The van der Waals surface area contributed by atoms with Crippen molar-refractivity contribution in [1.29, 1.82) is 0 Å². The van der Waals surface area contributed by atoms with Crippen LogP contribution in [0.2, 0.25) is 0 Å².